The monoisotopic (exact) mass is 522 g/mol. The van der Waals surface area contributed by atoms with Gasteiger partial charge in [0, 0.05) is 43.3 Å². The number of ether oxygens (including phenoxy) is 2. The Balaban J connectivity index is 2.13. The van der Waals surface area contributed by atoms with Gasteiger partial charge in [-0.3, -0.25) is 14.5 Å². The molecule has 8 nitrogen and oxygen atoms in total. The highest BCUT2D eigenvalue weighted by atomic mass is 35.5. The zero-order valence-corrected chi connectivity index (χ0v) is 18.9. The number of hydrogen-bond acceptors (Lipinski definition) is 6. The normalized spacial score (nSPS) is 17.2. The summed E-state index contributed by atoms with van der Waals surface area (Å²) < 4.78 is 75.8. The third-order valence-corrected chi connectivity index (χ3v) is 5.56. The van der Waals surface area contributed by atoms with Gasteiger partial charge in [0.15, 0.2) is 11.4 Å². The van der Waals surface area contributed by atoms with Gasteiger partial charge in [0.05, 0.1) is 5.69 Å². The van der Waals surface area contributed by atoms with E-state index in [1.165, 1.54) is 6.92 Å². The van der Waals surface area contributed by atoms with Crippen molar-refractivity contribution in [1.82, 2.24) is 15.3 Å². The van der Waals surface area contributed by atoms with Crippen LogP contribution in [0.1, 0.15) is 25.3 Å². The van der Waals surface area contributed by atoms with Gasteiger partial charge in [-0.25, -0.2) is 18.7 Å². The fourth-order valence-corrected chi connectivity index (χ4v) is 3.72. The van der Waals surface area contributed by atoms with E-state index in [9.17, 15) is 27.2 Å². The molecule has 2 amide bonds. The Kier molecular flexibility index (Phi) is 8.11. The molecule has 1 aromatic carbocycles. The number of alkyl halides is 5. The molecule has 1 unspecified atom stereocenters. The third kappa shape index (κ3) is 6.14. The zero-order chi connectivity index (χ0) is 25.8. The molecule has 1 fully saturated rings. The smallest absolute Gasteiger partial charge is 0.406 e. The minimum absolute atomic E-state index is 0.0368. The first-order chi connectivity index (χ1) is 16.4. The van der Waals surface area contributed by atoms with Crippen molar-refractivity contribution < 1.29 is 41.0 Å². The maximum Gasteiger partial charge on any atom is 0.573 e. The van der Waals surface area contributed by atoms with Crippen LogP contribution in [0.3, 0.4) is 0 Å². The lowest BCUT2D eigenvalue weighted by atomic mass is 9.89. The summed E-state index contributed by atoms with van der Waals surface area (Å²) in [6.45, 7) is 1.92. The Morgan fingerprint density at radius 2 is 1.86 bits per heavy atom. The van der Waals surface area contributed by atoms with E-state index in [1.807, 2.05) is 0 Å². The molecule has 190 valence electrons. The van der Waals surface area contributed by atoms with Crippen molar-refractivity contribution in [3.8, 4) is 5.75 Å². The van der Waals surface area contributed by atoms with Gasteiger partial charge in [-0.2, -0.15) is 0 Å². The number of aromatic nitrogens is 2. The molecule has 3 rings (SSSR count). The molecule has 1 aliphatic heterocycles. The van der Waals surface area contributed by atoms with Crippen LogP contribution >= 0.6 is 11.6 Å². The summed E-state index contributed by atoms with van der Waals surface area (Å²) in [5.74, 6) is -4.71. The zero-order valence-electron chi connectivity index (χ0n) is 18.2. The SMILES string of the molecule is CC(C(=O)NC1CCOCC1)(c1cncnc1)N(C(=O)[C@H](F)Cl)c1ccc(OC(F)(F)F)cc1F. The Hall–Kier alpha value is -3.06. The van der Waals surface area contributed by atoms with Crippen molar-refractivity contribution in [2.75, 3.05) is 18.1 Å². The second-order valence-electron chi connectivity index (χ2n) is 7.69. The lowest BCUT2D eigenvalue weighted by molar-refractivity contribution is -0.274. The van der Waals surface area contributed by atoms with E-state index in [-0.39, 0.29) is 11.6 Å². The highest BCUT2D eigenvalue weighted by molar-refractivity contribution is 6.32. The average molecular weight is 523 g/mol. The minimum Gasteiger partial charge on any atom is -0.406 e. The Morgan fingerprint density at radius 3 is 2.40 bits per heavy atom. The number of nitrogens with zero attached hydrogens (tertiary/aromatic N) is 3. The summed E-state index contributed by atoms with van der Waals surface area (Å²) >= 11 is 5.40. The first kappa shape index (κ1) is 26.5. The average Bonchev–Trinajstić information content (AvgIpc) is 2.80. The Bertz CT molecular complexity index is 1050. The van der Waals surface area contributed by atoms with Gasteiger partial charge < -0.3 is 14.8 Å². The number of halogens is 6. The molecule has 1 N–H and O–H groups in total. The molecule has 1 aromatic heterocycles. The second kappa shape index (κ2) is 10.7. The summed E-state index contributed by atoms with van der Waals surface area (Å²) in [5.41, 5.74) is -5.64. The van der Waals surface area contributed by atoms with Gasteiger partial charge in [-0.15, -0.1) is 13.2 Å². The molecule has 1 aliphatic rings. The van der Waals surface area contributed by atoms with E-state index in [2.05, 4.69) is 20.0 Å². The second-order valence-corrected chi connectivity index (χ2v) is 8.08. The van der Waals surface area contributed by atoms with Crippen molar-refractivity contribution in [2.45, 2.75) is 43.3 Å². The predicted molar refractivity (Wildman–Crippen MR) is 113 cm³/mol. The number of carbonyl (C=O) groups excluding carboxylic acids is 2. The first-order valence-electron chi connectivity index (χ1n) is 10.2. The largest absolute Gasteiger partial charge is 0.573 e. The van der Waals surface area contributed by atoms with Crippen molar-refractivity contribution in [3.05, 3.63) is 48.3 Å². The van der Waals surface area contributed by atoms with E-state index in [0.717, 1.165) is 24.8 Å². The lowest BCUT2D eigenvalue weighted by Gasteiger charge is -2.41. The molecule has 0 aliphatic carbocycles. The molecule has 1 saturated heterocycles. The van der Waals surface area contributed by atoms with Crippen molar-refractivity contribution in [2.24, 2.45) is 0 Å². The number of amides is 2. The predicted octanol–water partition coefficient (Wildman–Crippen LogP) is 3.59. The summed E-state index contributed by atoms with van der Waals surface area (Å²) in [6.07, 6.45) is -0.756. The third-order valence-electron chi connectivity index (χ3n) is 5.37. The summed E-state index contributed by atoms with van der Waals surface area (Å²) in [7, 11) is 0. The van der Waals surface area contributed by atoms with Crippen LogP contribution in [0.2, 0.25) is 0 Å². The van der Waals surface area contributed by atoms with Crippen LogP contribution in [0, 0.1) is 5.82 Å². The van der Waals surface area contributed by atoms with Crippen LogP contribution in [0.25, 0.3) is 0 Å². The molecule has 35 heavy (non-hydrogen) atoms. The maximum absolute atomic E-state index is 15.1. The summed E-state index contributed by atoms with van der Waals surface area (Å²) in [6, 6.07) is 1.44. The van der Waals surface area contributed by atoms with Crippen LogP contribution < -0.4 is 15.0 Å². The highest BCUT2D eigenvalue weighted by Gasteiger charge is 2.48. The number of hydrogen-bond donors (Lipinski definition) is 1. The molecule has 2 aromatic rings. The quantitative estimate of drug-likeness (QED) is 0.441. The molecule has 2 atom stereocenters. The maximum atomic E-state index is 15.1. The summed E-state index contributed by atoms with van der Waals surface area (Å²) in [5, 5.41) is 2.73. The molecule has 2 heterocycles. The minimum atomic E-state index is -5.11. The summed E-state index contributed by atoms with van der Waals surface area (Å²) in [4.78, 5) is 34.6. The van der Waals surface area contributed by atoms with E-state index in [0.29, 0.717) is 43.1 Å². The number of rotatable bonds is 7. The first-order valence-corrected chi connectivity index (χ1v) is 10.7. The van der Waals surface area contributed by atoms with Gasteiger partial charge in [0.25, 0.3) is 17.4 Å². The molecule has 0 radical (unpaired) electrons. The molecule has 0 spiro atoms. The van der Waals surface area contributed by atoms with E-state index in [1.54, 1.807) is 0 Å². The van der Waals surface area contributed by atoms with Crippen LogP contribution in [-0.4, -0.2) is 53.0 Å². The standard InChI is InChI=1S/C21H20ClF5N4O4/c1-20(12-9-28-11-29-10-12,19(33)30-13-4-6-34-7-5-13)31(18(32)17(22)24)16-3-2-14(8-15(16)23)35-21(25,26)27/h2-3,8-11,13,17H,4-7H2,1H3,(H,30,33)/t17-,20?/m0/s1. The van der Waals surface area contributed by atoms with Crippen molar-refractivity contribution in [1.29, 1.82) is 0 Å². The molecular formula is C21H20ClF5N4O4. The van der Waals surface area contributed by atoms with Crippen LogP contribution in [0.5, 0.6) is 5.75 Å². The van der Waals surface area contributed by atoms with E-state index < -0.39 is 46.6 Å². The number of anilines is 1. The fraction of sp³-hybridized carbons (Fsp3) is 0.429. The van der Waals surface area contributed by atoms with Crippen molar-refractivity contribution >= 4 is 29.1 Å². The van der Waals surface area contributed by atoms with Crippen LogP contribution in [0.15, 0.2) is 36.9 Å². The van der Waals surface area contributed by atoms with Crippen molar-refractivity contribution in [3.63, 3.8) is 0 Å². The highest BCUT2D eigenvalue weighted by Crippen LogP contribution is 2.38. The van der Waals surface area contributed by atoms with E-state index >= 15 is 4.39 Å². The van der Waals surface area contributed by atoms with Gasteiger partial charge in [-0.1, -0.05) is 11.6 Å². The van der Waals surface area contributed by atoms with Crippen LogP contribution in [-0.2, 0) is 19.9 Å². The number of benzene rings is 1. The molecule has 0 saturated carbocycles. The topological polar surface area (TPSA) is 93.6 Å². The number of carbonyl (C=O) groups is 2. The van der Waals surface area contributed by atoms with Gasteiger partial charge in [0.2, 0.25) is 0 Å². The van der Waals surface area contributed by atoms with Crippen LogP contribution in [0.4, 0.5) is 27.6 Å². The Labute approximate surface area is 201 Å². The van der Waals surface area contributed by atoms with Gasteiger partial charge in [0.1, 0.15) is 12.1 Å². The lowest BCUT2D eigenvalue weighted by Crippen LogP contribution is -2.60. The van der Waals surface area contributed by atoms with E-state index in [4.69, 9.17) is 16.3 Å². The Morgan fingerprint density at radius 1 is 1.23 bits per heavy atom. The molecule has 14 heteroatoms. The fourth-order valence-electron chi connectivity index (χ4n) is 3.62. The molecular weight excluding hydrogens is 503 g/mol. The van der Waals surface area contributed by atoms with Gasteiger partial charge in [-0.05, 0) is 31.9 Å². The van der Waals surface area contributed by atoms with Gasteiger partial charge >= 0.3 is 6.36 Å². The molecule has 0 bridgehead atoms. The number of nitrogens with one attached hydrogen (secondary N) is 1.